The van der Waals surface area contributed by atoms with Crippen molar-refractivity contribution in [1.82, 2.24) is 10.3 Å². The Bertz CT molecular complexity index is 635. The van der Waals surface area contributed by atoms with Crippen LogP contribution in [0.3, 0.4) is 0 Å². The van der Waals surface area contributed by atoms with Crippen LogP contribution < -0.4 is 11.1 Å². The summed E-state index contributed by atoms with van der Waals surface area (Å²) in [4.78, 5) is 15.4. The summed E-state index contributed by atoms with van der Waals surface area (Å²) in [6.07, 6.45) is 2.97. The molecule has 106 valence electrons. The molecule has 0 aliphatic heterocycles. The Balaban J connectivity index is 1.78. The molecule has 5 heteroatoms. The first kappa shape index (κ1) is 13.0. The van der Waals surface area contributed by atoms with Crippen LogP contribution in [0.25, 0.3) is 10.9 Å². The Morgan fingerprint density at radius 1 is 1.40 bits per heavy atom. The van der Waals surface area contributed by atoms with E-state index < -0.39 is 0 Å². The second kappa shape index (κ2) is 5.17. The number of rotatable bonds is 3. The van der Waals surface area contributed by atoms with Crippen molar-refractivity contribution in [2.75, 3.05) is 12.3 Å². The van der Waals surface area contributed by atoms with Crippen LogP contribution in [0, 0.1) is 5.92 Å². The number of nitrogen functional groups attached to an aromatic ring is 1. The quantitative estimate of drug-likeness (QED) is 0.641. The average Bonchev–Trinajstić information content (AvgIpc) is 3.04. The number of H-pyrrole nitrogens is 1. The van der Waals surface area contributed by atoms with E-state index >= 15 is 0 Å². The summed E-state index contributed by atoms with van der Waals surface area (Å²) in [6.45, 7) is 0.133. The van der Waals surface area contributed by atoms with Crippen LogP contribution >= 0.6 is 0 Å². The third-order valence-corrected chi connectivity index (χ3v) is 4.10. The zero-order valence-electron chi connectivity index (χ0n) is 11.2. The molecule has 0 bridgehead atoms. The molecular weight excluding hydrogens is 254 g/mol. The van der Waals surface area contributed by atoms with Crippen LogP contribution in [0.5, 0.6) is 0 Å². The molecule has 2 unspecified atom stereocenters. The van der Waals surface area contributed by atoms with Crippen molar-refractivity contribution < 1.29 is 9.90 Å². The predicted molar refractivity (Wildman–Crippen MR) is 78.4 cm³/mol. The van der Waals surface area contributed by atoms with Gasteiger partial charge in [0, 0.05) is 35.2 Å². The molecule has 1 aliphatic rings. The minimum Gasteiger partial charge on any atom is -0.399 e. The predicted octanol–water partition coefficient (Wildman–Crippen LogP) is 1.64. The van der Waals surface area contributed by atoms with Gasteiger partial charge in [0.2, 0.25) is 0 Å². The van der Waals surface area contributed by atoms with Gasteiger partial charge in [-0.25, -0.2) is 0 Å². The number of aliphatic hydroxyl groups excluding tert-OH is 1. The Labute approximate surface area is 117 Å². The highest BCUT2D eigenvalue weighted by atomic mass is 16.3. The van der Waals surface area contributed by atoms with E-state index in [9.17, 15) is 9.90 Å². The highest BCUT2D eigenvalue weighted by Crippen LogP contribution is 2.25. The van der Waals surface area contributed by atoms with Gasteiger partial charge in [-0.2, -0.15) is 0 Å². The number of anilines is 1. The molecule has 0 saturated heterocycles. The molecule has 0 radical (unpaired) electrons. The lowest BCUT2D eigenvalue weighted by atomic mass is 10.1. The van der Waals surface area contributed by atoms with E-state index in [1.165, 1.54) is 0 Å². The van der Waals surface area contributed by atoms with Crippen molar-refractivity contribution in [1.29, 1.82) is 0 Å². The van der Waals surface area contributed by atoms with E-state index in [0.29, 0.717) is 11.4 Å². The van der Waals surface area contributed by atoms with Crippen LogP contribution in [0.4, 0.5) is 5.69 Å². The number of nitrogens with one attached hydrogen (secondary N) is 2. The third kappa shape index (κ3) is 2.36. The zero-order valence-corrected chi connectivity index (χ0v) is 11.2. The van der Waals surface area contributed by atoms with Crippen LogP contribution in [0.2, 0.25) is 0 Å². The molecule has 5 nitrogen and oxygen atoms in total. The van der Waals surface area contributed by atoms with Crippen molar-refractivity contribution in [2.45, 2.75) is 25.3 Å². The van der Waals surface area contributed by atoms with Gasteiger partial charge in [-0.05, 0) is 37.1 Å². The second-order valence-electron chi connectivity index (χ2n) is 5.48. The molecule has 1 saturated carbocycles. The van der Waals surface area contributed by atoms with Crippen molar-refractivity contribution in [2.24, 2.45) is 5.92 Å². The smallest absolute Gasteiger partial charge is 0.267 e. The zero-order chi connectivity index (χ0) is 14.1. The van der Waals surface area contributed by atoms with Crippen molar-refractivity contribution in [3.05, 3.63) is 30.0 Å². The molecule has 1 fully saturated rings. The maximum atomic E-state index is 12.3. The summed E-state index contributed by atoms with van der Waals surface area (Å²) >= 11 is 0. The minimum absolute atomic E-state index is 0.0731. The summed E-state index contributed by atoms with van der Waals surface area (Å²) < 4.78 is 0. The molecule has 3 rings (SSSR count). The van der Waals surface area contributed by atoms with Gasteiger partial charge in [-0.1, -0.05) is 6.42 Å². The standard InChI is InChI=1S/C15H19N3O2/c16-11-4-5-13-10(6-11)7-14(17-13)15(20)18-12-3-1-2-9(12)8-19/h4-7,9,12,17,19H,1-3,8,16H2,(H,18,20). The topological polar surface area (TPSA) is 91.1 Å². The number of hydrogen-bond acceptors (Lipinski definition) is 3. The molecule has 5 N–H and O–H groups in total. The van der Waals surface area contributed by atoms with E-state index in [-0.39, 0.29) is 24.5 Å². The molecule has 0 spiro atoms. The van der Waals surface area contributed by atoms with Gasteiger partial charge < -0.3 is 21.1 Å². The Hall–Kier alpha value is -2.01. The lowest BCUT2D eigenvalue weighted by Gasteiger charge is -2.18. The number of carbonyl (C=O) groups is 1. The van der Waals surface area contributed by atoms with Gasteiger partial charge in [0.25, 0.3) is 5.91 Å². The van der Waals surface area contributed by atoms with E-state index in [4.69, 9.17) is 5.73 Å². The largest absolute Gasteiger partial charge is 0.399 e. The minimum atomic E-state index is -0.120. The fourth-order valence-electron chi connectivity index (χ4n) is 2.96. The molecule has 1 aliphatic carbocycles. The van der Waals surface area contributed by atoms with E-state index in [1.54, 1.807) is 6.07 Å². The van der Waals surface area contributed by atoms with Gasteiger partial charge in [-0.15, -0.1) is 0 Å². The van der Waals surface area contributed by atoms with Gasteiger partial charge in [0.05, 0.1) is 0 Å². The average molecular weight is 273 g/mol. The second-order valence-corrected chi connectivity index (χ2v) is 5.48. The molecule has 2 aromatic rings. The monoisotopic (exact) mass is 273 g/mol. The van der Waals surface area contributed by atoms with Crippen LogP contribution in [-0.4, -0.2) is 28.6 Å². The molecule has 2 atom stereocenters. The SMILES string of the molecule is Nc1ccc2[nH]c(C(=O)NC3CCCC3CO)cc2c1. The lowest BCUT2D eigenvalue weighted by molar-refractivity contribution is 0.0912. The van der Waals surface area contributed by atoms with Gasteiger partial charge in [0.1, 0.15) is 5.69 Å². The molecular formula is C15H19N3O2. The van der Waals surface area contributed by atoms with Crippen molar-refractivity contribution in [3.8, 4) is 0 Å². The first-order valence-electron chi connectivity index (χ1n) is 6.97. The number of amides is 1. The third-order valence-electron chi connectivity index (χ3n) is 4.10. The molecule has 1 heterocycles. The first-order valence-corrected chi connectivity index (χ1v) is 6.97. The summed E-state index contributed by atoms with van der Waals surface area (Å²) in [6, 6.07) is 7.40. The van der Waals surface area contributed by atoms with Gasteiger partial charge >= 0.3 is 0 Å². The van der Waals surface area contributed by atoms with E-state index in [0.717, 1.165) is 30.2 Å². The van der Waals surface area contributed by atoms with Crippen molar-refractivity contribution >= 4 is 22.5 Å². The Morgan fingerprint density at radius 3 is 3.05 bits per heavy atom. The van der Waals surface area contributed by atoms with Crippen LogP contribution in [0.15, 0.2) is 24.3 Å². The maximum Gasteiger partial charge on any atom is 0.267 e. The maximum absolute atomic E-state index is 12.3. The normalized spacial score (nSPS) is 22.2. The summed E-state index contributed by atoms with van der Waals surface area (Å²) in [5.41, 5.74) is 7.85. The summed E-state index contributed by atoms with van der Waals surface area (Å²) in [5.74, 6) is 0.0593. The van der Waals surface area contributed by atoms with Crippen LogP contribution in [-0.2, 0) is 0 Å². The highest BCUT2D eigenvalue weighted by molar-refractivity contribution is 5.98. The highest BCUT2D eigenvalue weighted by Gasteiger charge is 2.28. The Kier molecular flexibility index (Phi) is 3.36. The number of aliphatic hydroxyl groups is 1. The number of aromatic nitrogens is 1. The number of hydrogen-bond donors (Lipinski definition) is 4. The van der Waals surface area contributed by atoms with Crippen LogP contribution in [0.1, 0.15) is 29.8 Å². The number of fused-ring (bicyclic) bond motifs is 1. The fourth-order valence-corrected chi connectivity index (χ4v) is 2.96. The molecule has 1 aromatic carbocycles. The van der Waals surface area contributed by atoms with Crippen molar-refractivity contribution in [3.63, 3.8) is 0 Å². The number of nitrogens with two attached hydrogens (primary N) is 1. The number of carbonyl (C=O) groups excluding carboxylic acids is 1. The van der Waals surface area contributed by atoms with E-state index in [1.807, 2.05) is 18.2 Å². The van der Waals surface area contributed by atoms with Gasteiger partial charge in [-0.3, -0.25) is 4.79 Å². The lowest BCUT2D eigenvalue weighted by Crippen LogP contribution is -2.38. The van der Waals surface area contributed by atoms with Gasteiger partial charge in [0.15, 0.2) is 0 Å². The molecule has 1 amide bonds. The summed E-state index contributed by atoms with van der Waals surface area (Å²) in [7, 11) is 0. The first-order chi connectivity index (χ1) is 9.67. The van der Waals surface area contributed by atoms with E-state index in [2.05, 4.69) is 10.3 Å². The number of aromatic amines is 1. The Morgan fingerprint density at radius 2 is 2.25 bits per heavy atom. The fraction of sp³-hybridized carbons (Fsp3) is 0.400. The summed E-state index contributed by atoms with van der Waals surface area (Å²) in [5, 5.41) is 13.2. The number of benzene rings is 1. The molecule has 1 aromatic heterocycles. The molecule has 20 heavy (non-hydrogen) atoms.